The van der Waals surface area contributed by atoms with E-state index in [1.54, 1.807) is 11.0 Å². The number of H-pyrrole nitrogens is 1. The highest BCUT2D eigenvalue weighted by atomic mass is 19.1. The fourth-order valence-electron chi connectivity index (χ4n) is 5.06. The van der Waals surface area contributed by atoms with Crippen LogP contribution in [0.25, 0.3) is 16.5 Å². The second kappa shape index (κ2) is 8.20. The summed E-state index contributed by atoms with van der Waals surface area (Å²) in [7, 11) is 0. The summed E-state index contributed by atoms with van der Waals surface area (Å²) in [4.78, 5) is 32.6. The Morgan fingerprint density at radius 3 is 2.76 bits per heavy atom. The molecule has 2 amide bonds. The van der Waals surface area contributed by atoms with Crippen LogP contribution < -0.4 is 14.4 Å². The number of halogens is 1. The number of aromatic nitrogens is 1. The first-order valence-electron chi connectivity index (χ1n) is 11.5. The molecule has 3 aromatic rings. The van der Waals surface area contributed by atoms with Crippen molar-refractivity contribution in [2.24, 2.45) is 5.92 Å². The van der Waals surface area contributed by atoms with E-state index in [0.717, 1.165) is 27.7 Å². The molecule has 8 heteroatoms. The third-order valence-corrected chi connectivity index (χ3v) is 6.82. The van der Waals surface area contributed by atoms with E-state index in [0.29, 0.717) is 50.8 Å². The molecule has 2 aromatic carbocycles. The molecule has 0 aliphatic carbocycles. The first kappa shape index (κ1) is 20.8. The summed E-state index contributed by atoms with van der Waals surface area (Å²) in [6, 6.07) is 10.2. The number of benzene rings is 2. The Labute approximate surface area is 195 Å². The zero-order valence-electron chi connectivity index (χ0n) is 18.6. The molecule has 1 N–H and O–H groups in total. The molecular weight excluding hydrogens is 437 g/mol. The van der Waals surface area contributed by atoms with Crippen molar-refractivity contribution in [1.82, 2.24) is 9.88 Å². The number of aromatic amines is 1. The summed E-state index contributed by atoms with van der Waals surface area (Å²) in [5, 5.41) is 0.976. The van der Waals surface area contributed by atoms with Crippen molar-refractivity contribution < 1.29 is 23.5 Å². The van der Waals surface area contributed by atoms with E-state index >= 15 is 0 Å². The molecule has 0 saturated carbocycles. The van der Waals surface area contributed by atoms with E-state index < -0.39 is 0 Å². The minimum Gasteiger partial charge on any atom is -0.486 e. The van der Waals surface area contributed by atoms with Crippen LogP contribution in [-0.2, 0) is 9.59 Å². The molecule has 3 aliphatic rings. The summed E-state index contributed by atoms with van der Waals surface area (Å²) in [6.45, 7) is 2.43. The van der Waals surface area contributed by atoms with Gasteiger partial charge in [-0.25, -0.2) is 4.39 Å². The molecule has 1 aromatic heterocycles. The van der Waals surface area contributed by atoms with Crippen molar-refractivity contribution in [3.05, 3.63) is 60.1 Å². The number of hydrogen-bond acceptors (Lipinski definition) is 4. The van der Waals surface area contributed by atoms with Gasteiger partial charge >= 0.3 is 0 Å². The molecule has 1 atom stereocenters. The van der Waals surface area contributed by atoms with E-state index in [4.69, 9.17) is 9.47 Å². The second-order valence-electron chi connectivity index (χ2n) is 8.89. The molecule has 4 heterocycles. The van der Waals surface area contributed by atoms with Gasteiger partial charge in [0, 0.05) is 60.5 Å². The molecule has 7 nitrogen and oxygen atoms in total. The van der Waals surface area contributed by atoms with Gasteiger partial charge in [-0.05, 0) is 42.3 Å². The molecule has 6 rings (SSSR count). The average molecular weight is 461 g/mol. The summed E-state index contributed by atoms with van der Waals surface area (Å²) in [6.07, 6.45) is 4.87. The maximum atomic E-state index is 13.5. The van der Waals surface area contributed by atoms with Crippen molar-refractivity contribution in [3.63, 3.8) is 0 Å². The maximum Gasteiger partial charge on any atom is 0.228 e. The second-order valence-corrected chi connectivity index (χ2v) is 8.89. The molecule has 1 fully saturated rings. The van der Waals surface area contributed by atoms with Gasteiger partial charge in [-0.1, -0.05) is 6.08 Å². The van der Waals surface area contributed by atoms with E-state index in [-0.39, 0.29) is 30.0 Å². The molecule has 1 saturated heterocycles. The van der Waals surface area contributed by atoms with Crippen LogP contribution in [0.5, 0.6) is 11.5 Å². The van der Waals surface area contributed by atoms with Crippen LogP contribution in [0.15, 0.2) is 48.7 Å². The van der Waals surface area contributed by atoms with Gasteiger partial charge in [-0.3, -0.25) is 9.59 Å². The SMILES string of the molecule is O=C(C1CC(=O)N(c2ccc3c(c2)OCCO3)C1)N1CC=C(c2c[nH]c3cc(F)ccc23)CC1. The van der Waals surface area contributed by atoms with Crippen molar-refractivity contribution in [3.8, 4) is 11.5 Å². The number of carbonyl (C=O) groups excluding carboxylic acids is 2. The number of amides is 2. The standard InChI is InChI=1S/C26H24FN3O4/c27-18-1-3-20-21(14-28-22(20)12-18)16-5-7-29(8-6-16)26(32)17-11-25(31)30(15-17)19-2-4-23-24(13-19)34-10-9-33-23/h1-5,12-14,17,28H,6-11,15H2. The minimum absolute atomic E-state index is 0.00434. The zero-order valence-corrected chi connectivity index (χ0v) is 18.6. The Morgan fingerprint density at radius 1 is 1.09 bits per heavy atom. The molecule has 0 radical (unpaired) electrons. The van der Waals surface area contributed by atoms with Gasteiger partial charge in [-0.15, -0.1) is 0 Å². The summed E-state index contributed by atoms with van der Waals surface area (Å²) in [5.41, 5.74) is 3.67. The quantitative estimate of drug-likeness (QED) is 0.645. The lowest BCUT2D eigenvalue weighted by molar-refractivity contribution is -0.135. The van der Waals surface area contributed by atoms with E-state index in [1.807, 2.05) is 29.3 Å². The van der Waals surface area contributed by atoms with Crippen LogP contribution in [-0.4, -0.2) is 54.5 Å². The van der Waals surface area contributed by atoms with Crippen molar-refractivity contribution in [2.45, 2.75) is 12.8 Å². The van der Waals surface area contributed by atoms with Gasteiger partial charge in [-0.2, -0.15) is 0 Å². The van der Waals surface area contributed by atoms with Crippen molar-refractivity contribution in [1.29, 1.82) is 0 Å². The van der Waals surface area contributed by atoms with Crippen molar-refractivity contribution in [2.75, 3.05) is 37.7 Å². The van der Waals surface area contributed by atoms with Gasteiger partial charge in [0.05, 0.1) is 5.92 Å². The third kappa shape index (κ3) is 3.59. The Morgan fingerprint density at radius 2 is 1.94 bits per heavy atom. The van der Waals surface area contributed by atoms with E-state index in [9.17, 15) is 14.0 Å². The Bertz CT molecular complexity index is 1330. The van der Waals surface area contributed by atoms with Crippen LogP contribution in [0.2, 0.25) is 0 Å². The van der Waals surface area contributed by atoms with Gasteiger partial charge in [0.1, 0.15) is 19.0 Å². The van der Waals surface area contributed by atoms with Gasteiger partial charge in [0.15, 0.2) is 11.5 Å². The predicted octanol–water partition coefficient (Wildman–Crippen LogP) is 3.75. The highest BCUT2D eigenvalue weighted by Gasteiger charge is 2.38. The normalized spacial score (nSPS) is 20.1. The lowest BCUT2D eigenvalue weighted by Crippen LogP contribution is -2.39. The lowest BCUT2D eigenvalue weighted by Gasteiger charge is -2.29. The number of fused-ring (bicyclic) bond motifs is 2. The summed E-state index contributed by atoms with van der Waals surface area (Å²) >= 11 is 0. The monoisotopic (exact) mass is 461 g/mol. The molecule has 1 unspecified atom stereocenters. The highest BCUT2D eigenvalue weighted by molar-refractivity contribution is 6.01. The maximum absolute atomic E-state index is 13.5. The molecule has 0 bridgehead atoms. The molecule has 3 aliphatic heterocycles. The van der Waals surface area contributed by atoms with Gasteiger partial charge in [0.2, 0.25) is 11.8 Å². The van der Waals surface area contributed by atoms with Crippen LogP contribution >= 0.6 is 0 Å². The fourth-order valence-corrected chi connectivity index (χ4v) is 5.06. The lowest BCUT2D eigenvalue weighted by atomic mass is 9.97. The van der Waals surface area contributed by atoms with Crippen LogP contribution in [0.4, 0.5) is 10.1 Å². The van der Waals surface area contributed by atoms with Gasteiger partial charge < -0.3 is 24.3 Å². The van der Waals surface area contributed by atoms with Crippen LogP contribution in [0, 0.1) is 11.7 Å². The number of anilines is 1. The number of ether oxygens (including phenoxy) is 2. The number of carbonyl (C=O) groups is 2. The highest BCUT2D eigenvalue weighted by Crippen LogP contribution is 2.36. The van der Waals surface area contributed by atoms with Crippen LogP contribution in [0.1, 0.15) is 18.4 Å². The Kier molecular flexibility index (Phi) is 5.01. The predicted molar refractivity (Wildman–Crippen MR) is 125 cm³/mol. The average Bonchev–Trinajstić information content (AvgIpc) is 3.46. The third-order valence-electron chi connectivity index (χ3n) is 6.82. The summed E-state index contributed by atoms with van der Waals surface area (Å²) in [5.74, 6) is 0.600. The number of rotatable bonds is 3. The van der Waals surface area contributed by atoms with Crippen LogP contribution in [0.3, 0.4) is 0 Å². The van der Waals surface area contributed by atoms with E-state index in [1.165, 1.54) is 12.1 Å². The number of nitrogens with one attached hydrogen (secondary N) is 1. The molecule has 0 spiro atoms. The summed E-state index contributed by atoms with van der Waals surface area (Å²) < 4.78 is 24.7. The Hall–Kier alpha value is -3.81. The fraction of sp³-hybridized carbons (Fsp3) is 0.308. The van der Waals surface area contributed by atoms with Crippen molar-refractivity contribution >= 4 is 34.0 Å². The zero-order chi connectivity index (χ0) is 23.2. The molecule has 174 valence electrons. The molecular formula is C26H24FN3O4. The first-order chi connectivity index (χ1) is 16.6. The van der Waals surface area contributed by atoms with Gasteiger partial charge in [0.25, 0.3) is 0 Å². The minimum atomic E-state index is -0.369. The topological polar surface area (TPSA) is 74.9 Å². The number of nitrogens with zero attached hydrogens (tertiary/aromatic N) is 2. The molecule has 34 heavy (non-hydrogen) atoms. The largest absolute Gasteiger partial charge is 0.486 e. The number of hydrogen-bond donors (Lipinski definition) is 1. The smallest absolute Gasteiger partial charge is 0.228 e. The Balaban J connectivity index is 1.14. The van der Waals surface area contributed by atoms with E-state index in [2.05, 4.69) is 11.1 Å². The first-order valence-corrected chi connectivity index (χ1v) is 11.5.